The van der Waals surface area contributed by atoms with Crippen molar-refractivity contribution >= 4 is 11.6 Å². The van der Waals surface area contributed by atoms with E-state index in [-0.39, 0.29) is 18.4 Å². The molecule has 1 aliphatic heterocycles. The van der Waals surface area contributed by atoms with E-state index in [1.165, 1.54) is 0 Å². The van der Waals surface area contributed by atoms with Gasteiger partial charge < -0.3 is 4.74 Å². The lowest BCUT2D eigenvalue weighted by Crippen LogP contribution is -2.53. The molecule has 0 aliphatic carbocycles. The maximum Gasteiger partial charge on any atom is 0.102 e. The van der Waals surface area contributed by atoms with Crippen molar-refractivity contribution in [3.63, 3.8) is 0 Å². The van der Waals surface area contributed by atoms with Gasteiger partial charge in [0, 0.05) is 25.5 Å². The molecule has 78 valence electrons. The topological polar surface area (TPSA) is 12.5 Å². The average molecular weight is 210 g/mol. The molecule has 0 amide bonds. The first-order chi connectivity index (χ1) is 6.07. The Hall–Kier alpha value is 0.140. The van der Waals surface area contributed by atoms with Crippen molar-refractivity contribution in [1.29, 1.82) is 0 Å². The molecule has 13 heavy (non-hydrogen) atoms. The van der Waals surface area contributed by atoms with Crippen LogP contribution in [0.25, 0.3) is 0 Å². The summed E-state index contributed by atoms with van der Waals surface area (Å²) in [5, 5.41) is 0. The van der Waals surface area contributed by atoms with E-state index in [1.807, 2.05) is 13.8 Å². The summed E-state index contributed by atoms with van der Waals surface area (Å²) < 4.78 is 17.8. The Balaban J connectivity index is 2.49. The van der Waals surface area contributed by atoms with Crippen LogP contribution in [0.5, 0.6) is 0 Å². The van der Waals surface area contributed by atoms with E-state index in [2.05, 4.69) is 4.90 Å². The Labute approximate surface area is 84.0 Å². The van der Waals surface area contributed by atoms with Crippen LogP contribution in [-0.2, 0) is 4.74 Å². The predicted molar refractivity (Wildman–Crippen MR) is 52.1 cm³/mol. The summed E-state index contributed by atoms with van der Waals surface area (Å²) in [5.41, 5.74) is -0.201. The highest BCUT2D eigenvalue weighted by atomic mass is 35.5. The van der Waals surface area contributed by atoms with Crippen molar-refractivity contribution in [1.82, 2.24) is 4.90 Å². The second-order valence-electron chi connectivity index (χ2n) is 4.08. The summed E-state index contributed by atoms with van der Waals surface area (Å²) in [7, 11) is 0. The van der Waals surface area contributed by atoms with Gasteiger partial charge in [0.1, 0.15) is 6.67 Å². The van der Waals surface area contributed by atoms with Gasteiger partial charge in [0.25, 0.3) is 0 Å². The van der Waals surface area contributed by atoms with E-state index in [0.29, 0.717) is 12.4 Å². The highest BCUT2D eigenvalue weighted by Crippen LogP contribution is 2.21. The van der Waals surface area contributed by atoms with E-state index in [0.717, 1.165) is 13.1 Å². The van der Waals surface area contributed by atoms with Crippen LogP contribution in [0.1, 0.15) is 13.8 Å². The molecule has 1 heterocycles. The molecule has 0 spiro atoms. The Morgan fingerprint density at radius 2 is 2.31 bits per heavy atom. The van der Waals surface area contributed by atoms with Gasteiger partial charge in [-0.2, -0.15) is 0 Å². The van der Waals surface area contributed by atoms with Crippen LogP contribution < -0.4 is 0 Å². The molecular formula is C9H17ClFNO. The molecule has 2 nitrogen and oxygen atoms in total. The van der Waals surface area contributed by atoms with E-state index in [1.54, 1.807) is 0 Å². The molecule has 0 aromatic heterocycles. The van der Waals surface area contributed by atoms with Gasteiger partial charge in [-0.1, -0.05) is 0 Å². The molecule has 1 unspecified atom stereocenters. The van der Waals surface area contributed by atoms with Crippen LogP contribution >= 0.6 is 11.6 Å². The third-order valence-electron chi connectivity index (χ3n) is 2.12. The average Bonchev–Trinajstić information content (AvgIpc) is 2.02. The van der Waals surface area contributed by atoms with Gasteiger partial charge in [-0.15, -0.1) is 11.6 Å². The first kappa shape index (κ1) is 11.2. The fourth-order valence-corrected chi connectivity index (χ4v) is 1.95. The quantitative estimate of drug-likeness (QED) is 0.656. The van der Waals surface area contributed by atoms with Gasteiger partial charge in [0.15, 0.2) is 0 Å². The summed E-state index contributed by atoms with van der Waals surface area (Å²) in [6, 6.07) is 0. The van der Waals surface area contributed by atoms with Crippen LogP contribution in [0.4, 0.5) is 4.39 Å². The van der Waals surface area contributed by atoms with E-state index >= 15 is 0 Å². The largest absolute Gasteiger partial charge is 0.368 e. The monoisotopic (exact) mass is 209 g/mol. The van der Waals surface area contributed by atoms with E-state index < -0.39 is 0 Å². The Bertz CT molecular complexity index is 166. The minimum absolute atomic E-state index is 0.0389. The summed E-state index contributed by atoms with van der Waals surface area (Å²) in [6.07, 6.45) is 0.0389. The third-order valence-corrected chi connectivity index (χ3v) is 2.47. The van der Waals surface area contributed by atoms with Gasteiger partial charge in [-0.3, -0.25) is 4.90 Å². The summed E-state index contributed by atoms with van der Waals surface area (Å²) in [4.78, 5) is 2.07. The first-order valence-electron chi connectivity index (χ1n) is 4.59. The molecular weight excluding hydrogens is 193 g/mol. The summed E-state index contributed by atoms with van der Waals surface area (Å²) >= 11 is 5.73. The maximum atomic E-state index is 12.1. The molecule has 0 aromatic carbocycles. The third kappa shape index (κ3) is 3.41. The maximum absolute atomic E-state index is 12.1. The summed E-state index contributed by atoms with van der Waals surface area (Å²) in [6.45, 7) is 5.74. The van der Waals surface area contributed by atoms with Crippen LogP contribution in [0.2, 0.25) is 0 Å². The van der Waals surface area contributed by atoms with E-state index in [9.17, 15) is 4.39 Å². The van der Waals surface area contributed by atoms with Crippen LogP contribution in [0.15, 0.2) is 0 Å². The fourth-order valence-electron chi connectivity index (χ4n) is 1.79. The lowest BCUT2D eigenvalue weighted by Gasteiger charge is -2.42. The van der Waals surface area contributed by atoms with Crippen molar-refractivity contribution in [3.05, 3.63) is 0 Å². The van der Waals surface area contributed by atoms with Gasteiger partial charge in [-0.05, 0) is 13.8 Å². The Morgan fingerprint density at radius 1 is 1.62 bits per heavy atom. The number of halogens is 2. The second kappa shape index (κ2) is 4.58. The molecule has 1 aliphatic rings. The molecule has 4 heteroatoms. The number of alkyl halides is 2. The van der Waals surface area contributed by atoms with Crippen molar-refractivity contribution in [2.75, 3.05) is 32.2 Å². The fraction of sp³-hybridized carbons (Fsp3) is 1.00. The highest BCUT2D eigenvalue weighted by molar-refractivity contribution is 6.18. The normalized spacial score (nSPS) is 29.1. The number of rotatable bonds is 3. The molecule has 0 saturated carbocycles. The van der Waals surface area contributed by atoms with Crippen molar-refractivity contribution in [2.24, 2.45) is 0 Å². The van der Waals surface area contributed by atoms with Crippen molar-refractivity contribution in [2.45, 2.75) is 25.6 Å². The van der Waals surface area contributed by atoms with Gasteiger partial charge in [-0.25, -0.2) is 4.39 Å². The SMILES string of the molecule is CC1(C)CN(CCF)CC(CCl)O1. The zero-order valence-electron chi connectivity index (χ0n) is 8.22. The minimum Gasteiger partial charge on any atom is -0.368 e. The zero-order chi connectivity index (χ0) is 9.90. The number of ether oxygens (including phenoxy) is 1. The van der Waals surface area contributed by atoms with Gasteiger partial charge >= 0.3 is 0 Å². The second-order valence-corrected chi connectivity index (χ2v) is 4.39. The molecule has 0 bridgehead atoms. The number of nitrogens with zero attached hydrogens (tertiary/aromatic N) is 1. The molecule has 0 radical (unpaired) electrons. The standard InChI is InChI=1S/C9H17ClFNO/c1-9(2)7-12(4-3-11)6-8(5-10)13-9/h8H,3-7H2,1-2H3. The molecule has 0 N–H and O–H groups in total. The predicted octanol–water partition coefficient (Wildman–Crippen LogP) is 1.67. The first-order valence-corrected chi connectivity index (χ1v) is 5.13. The van der Waals surface area contributed by atoms with Crippen LogP contribution in [-0.4, -0.2) is 48.8 Å². The van der Waals surface area contributed by atoms with Gasteiger partial charge in [0.2, 0.25) is 0 Å². The Morgan fingerprint density at radius 3 is 2.85 bits per heavy atom. The van der Waals surface area contributed by atoms with E-state index in [4.69, 9.17) is 16.3 Å². The Kier molecular flexibility index (Phi) is 3.95. The molecule has 1 fully saturated rings. The zero-order valence-corrected chi connectivity index (χ0v) is 8.98. The van der Waals surface area contributed by atoms with Crippen molar-refractivity contribution < 1.29 is 9.13 Å². The van der Waals surface area contributed by atoms with Gasteiger partial charge in [0.05, 0.1) is 11.7 Å². The number of hydrogen-bond acceptors (Lipinski definition) is 2. The van der Waals surface area contributed by atoms with Crippen molar-refractivity contribution in [3.8, 4) is 0 Å². The minimum atomic E-state index is -0.301. The molecule has 1 saturated heterocycles. The summed E-state index contributed by atoms with van der Waals surface area (Å²) in [5.74, 6) is 0.478. The lowest BCUT2D eigenvalue weighted by atomic mass is 10.1. The molecule has 0 aromatic rings. The van der Waals surface area contributed by atoms with Crippen LogP contribution in [0, 0.1) is 0 Å². The number of hydrogen-bond donors (Lipinski definition) is 0. The lowest BCUT2D eigenvalue weighted by molar-refractivity contribution is -0.127. The highest BCUT2D eigenvalue weighted by Gasteiger charge is 2.32. The number of morpholine rings is 1. The molecule has 1 atom stereocenters. The molecule has 1 rings (SSSR count). The van der Waals surface area contributed by atoms with Crippen LogP contribution in [0.3, 0.4) is 0 Å². The smallest absolute Gasteiger partial charge is 0.102 e.